The van der Waals surface area contributed by atoms with E-state index in [0.29, 0.717) is 0 Å². The lowest BCUT2D eigenvalue weighted by Crippen LogP contribution is -3.00. The van der Waals surface area contributed by atoms with Crippen LogP contribution in [0.2, 0.25) is 0 Å². The van der Waals surface area contributed by atoms with Crippen molar-refractivity contribution < 1.29 is 28.5 Å². The Bertz CT molecular complexity index is 196. The summed E-state index contributed by atoms with van der Waals surface area (Å²) in [7, 11) is 2.47. The van der Waals surface area contributed by atoms with Gasteiger partial charge in [-0.3, -0.25) is 0 Å². The molecule has 0 bridgehead atoms. The quantitative estimate of drug-likeness (QED) is 0.134. The monoisotopic (exact) mass is 489 g/mol. The Hall–Kier alpha value is 1.17. The van der Waals surface area contributed by atoms with E-state index in [4.69, 9.17) is 0 Å². The summed E-state index contributed by atoms with van der Waals surface area (Å²) in [4.78, 5) is 0. The second-order valence-corrected chi connectivity index (χ2v) is 7.81. The van der Waals surface area contributed by atoms with Gasteiger partial charge in [-0.2, -0.15) is 0 Å². The molecule has 0 aliphatic heterocycles. The summed E-state index contributed by atoms with van der Waals surface area (Å²) in [5.41, 5.74) is 0. The highest BCUT2D eigenvalue weighted by molar-refractivity contribution is 9.09. The maximum atomic E-state index is 3.66. The molecular formula is C19H41BrIN. The van der Waals surface area contributed by atoms with E-state index in [2.05, 4.69) is 36.8 Å². The van der Waals surface area contributed by atoms with E-state index in [9.17, 15) is 0 Å². The van der Waals surface area contributed by atoms with Gasteiger partial charge in [0.15, 0.2) is 0 Å². The van der Waals surface area contributed by atoms with E-state index < -0.39 is 0 Å². The van der Waals surface area contributed by atoms with Crippen LogP contribution in [0.5, 0.6) is 0 Å². The first kappa shape index (κ1) is 25.4. The lowest BCUT2D eigenvalue weighted by atomic mass is 10.1. The number of hydrogen-bond acceptors (Lipinski definition) is 0. The fraction of sp³-hybridized carbons (Fsp3) is 1.00. The maximum absolute atomic E-state index is 3.66. The normalized spacial score (nSPS) is 11.5. The second kappa shape index (κ2) is 18.5. The van der Waals surface area contributed by atoms with E-state index in [1.165, 1.54) is 101 Å². The topological polar surface area (TPSA) is 0 Å². The molecule has 0 amide bonds. The molecule has 0 atom stereocenters. The Morgan fingerprint density at radius 1 is 0.591 bits per heavy atom. The molecule has 0 unspecified atom stereocenters. The molecule has 0 heterocycles. The fourth-order valence-corrected chi connectivity index (χ4v) is 3.94. The Balaban J connectivity index is 0. The molecule has 0 radical (unpaired) electrons. The largest absolute Gasteiger partial charge is 1.00 e. The van der Waals surface area contributed by atoms with Gasteiger partial charge < -0.3 is 28.5 Å². The Morgan fingerprint density at radius 3 is 1.32 bits per heavy atom. The second-order valence-electron chi connectivity index (χ2n) is 7.01. The van der Waals surface area contributed by atoms with E-state index in [1.807, 2.05) is 0 Å². The van der Waals surface area contributed by atoms with Crippen LogP contribution in [0.15, 0.2) is 0 Å². The van der Waals surface area contributed by atoms with Gasteiger partial charge in [0.25, 0.3) is 0 Å². The number of quaternary nitrogens is 1. The van der Waals surface area contributed by atoms with Crippen molar-refractivity contribution in [3.63, 3.8) is 0 Å². The zero-order chi connectivity index (χ0) is 15.8. The smallest absolute Gasteiger partial charge is 0.0883 e. The molecule has 0 N–H and O–H groups in total. The first-order chi connectivity index (χ1) is 10.2. The van der Waals surface area contributed by atoms with Gasteiger partial charge >= 0.3 is 0 Å². The molecule has 0 aromatic carbocycles. The van der Waals surface area contributed by atoms with Gasteiger partial charge in [0.1, 0.15) is 0 Å². The highest BCUT2D eigenvalue weighted by Gasteiger charge is 2.19. The zero-order valence-electron chi connectivity index (χ0n) is 15.5. The molecule has 0 rings (SSSR count). The number of hydrogen-bond donors (Lipinski definition) is 0. The molecule has 3 heteroatoms. The summed E-state index contributed by atoms with van der Waals surface area (Å²) in [6.45, 7) is 8.65. The van der Waals surface area contributed by atoms with Crippen LogP contribution in [0.1, 0.15) is 90.9 Å². The highest BCUT2D eigenvalue weighted by Crippen LogP contribution is 2.14. The van der Waals surface area contributed by atoms with E-state index in [0.717, 1.165) is 5.33 Å². The Labute approximate surface area is 166 Å². The molecule has 0 aliphatic rings. The van der Waals surface area contributed by atoms with Crippen LogP contribution in [-0.2, 0) is 0 Å². The summed E-state index contributed by atoms with van der Waals surface area (Å²) in [6, 6.07) is 0. The summed E-state index contributed by atoms with van der Waals surface area (Å²) < 4.78 is 1.28. The molecular weight excluding hydrogens is 449 g/mol. The standard InChI is InChI=1S/C19H41BrN.HI/c1-4-6-8-10-12-14-17-21(3,19-16-20)18-15-13-11-9-7-5-2;/h4-19H2,1-3H3;1H/q+1;/p-1. The molecule has 0 saturated heterocycles. The van der Waals surface area contributed by atoms with Gasteiger partial charge in [-0.05, 0) is 25.7 Å². The molecule has 136 valence electrons. The van der Waals surface area contributed by atoms with Crippen molar-refractivity contribution in [3.8, 4) is 0 Å². The van der Waals surface area contributed by atoms with Crippen LogP contribution in [0.25, 0.3) is 0 Å². The van der Waals surface area contributed by atoms with Gasteiger partial charge in [-0.25, -0.2) is 0 Å². The third-order valence-electron chi connectivity index (χ3n) is 4.73. The first-order valence-electron chi connectivity index (χ1n) is 9.58. The van der Waals surface area contributed by atoms with E-state index >= 15 is 0 Å². The fourth-order valence-electron chi connectivity index (χ4n) is 3.09. The number of unbranched alkanes of at least 4 members (excludes halogenated alkanes) is 10. The first-order valence-corrected chi connectivity index (χ1v) is 10.7. The van der Waals surface area contributed by atoms with Gasteiger partial charge in [0.05, 0.1) is 32.0 Å². The van der Waals surface area contributed by atoms with E-state index in [-0.39, 0.29) is 24.0 Å². The Kier molecular flexibility index (Phi) is 21.4. The summed E-state index contributed by atoms with van der Waals surface area (Å²) in [5.74, 6) is 0. The highest BCUT2D eigenvalue weighted by atomic mass is 127. The van der Waals surface area contributed by atoms with Crippen LogP contribution in [-0.4, -0.2) is 36.5 Å². The molecule has 0 fully saturated rings. The molecule has 1 nitrogen and oxygen atoms in total. The molecule has 0 aromatic rings. The molecule has 0 aliphatic carbocycles. The third-order valence-corrected chi connectivity index (χ3v) is 5.08. The SMILES string of the molecule is CCCCCCCC[N+](C)(CCBr)CCCCCCCC.[I-]. The number of rotatable bonds is 16. The van der Waals surface area contributed by atoms with Gasteiger partial charge in [0, 0.05) is 0 Å². The molecule has 0 spiro atoms. The van der Waals surface area contributed by atoms with Crippen LogP contribution in [0, 0.1) is 0 Å². The van der Waals surface area contributed by atoms with E-state index in [1.54, 1.807) is 0 Å². The van der Waals surface area contributed by atoms with Crippen LogP contribution in [0.4, 0.5) is 0 Å². The van der Waals surface area contributed by atoms with Crippen molar-refractivity contribution in [2.24, 2.45) is 0 Å². The number of alkyl halides is 1. The van der Waals surface area contributed by atoms with Gasteiger partial charge in [0.2, 0.25) is 0 Å². The van der Waals surface area contributed by atoms with Crippen molar-refractivity contribution >= 4 is 15.9 Å². The van der Waals surface area contributed by atoms with Gasteiger partial charge in [-0.15, -0.1) is 0 Å². The zero-order valence-corrected chi connectivity index (χ0v) is 19.3. The summed E-state index contributed by atoms with van der Waals surface area (Å²) >= 11 is 3.66. The van der Waals surface area contributed by atoms with Crippen molar-refractivity contribution in [1.29, 1.82) is 0 Å². The number of nitrogens with zero attached hydrogens (tertiary/aromatic N) is 1. The average molecular weight is 490 g/mol. The molecule has 0 aromatic heterocycles. The van der Waals surface area contributed by atoms with Crippen LogP contribution in [0.3, 0.4) is 0 Å². The third kappa shape index (κ3) is 16.0. The van der Waals surface area contributed by atoms with Crippen molar-refractivity contribution in [2.45, 2.75) is 90.9 Å². The maximum Gasteiger partial charge on any atom is 0.0883 e. The van der Waals surface area contributed by atoms with Crippen LogP contribution < -0.4 is 24.0 Å². The minimum atomic E-state index is 0. The summed E-state index contributed by atoms with van der Waals surface area (Å²) in [6.07, 6.45) is 17.0. The molecule has 22 heavy (non-hydrogen) atoms. The predicted octanol–water partition coefficient (Wildman–Crippen LogP) is 3.55. The number of halogens is 2. The van der Waals surface area contributed by atoms with Crippen molar-refractivity contribution in [3.05, 3.63) is 0 Å². The molecule has 0 saturated carbocycles. The predicted molar refractivity (Wildman–Crippen MR) is 101 cm³/mol. The van der Waals surface area contributed by atoms with Crippen molar-refractivity contribution in [2.75, 3.05) is 32.0 Å². The van der Waals surface area contributed by atoms with Gasteiger partial charge in [-0.1, -0.05) is 81.1 Å². The minimum absolute atomic E-state index is 0. The summed E-state index contributed by atoms with van der Waals surface area (Å²) in [5, 5.41) is 1.15. The van der Waals surface area contributed by atoms with Crippen molar-refractivity contribution in [1.82, 2.24) is 0 Å². The average Bonchev–Trinajstić information content (AvgIpc) is 2.47. The van der Waals surface area contributed by atoms with Crippen LogP contribution >= 0.6 is 15.9 Å². The lowest BCUT2D eigenvalue weighted by molar-refractivity contribution is -0.907. The Morgan fingerprint density at radius 2 is 0.955 bits per heavy atom. The lowest BCUT2D eigenvalue weighted by Gasteiger charge is -2.34. The minimum Gasteiger partial charge on any atom is -1.00 e.